The highest BCUT2D eigenvalue weighted by atomic mass is 16.6. The summed E-state index contributed by atoms with van der Waals surface area (Å²) in [6.07, 6.45) is 0.0969. The van der Waals surface area contributed by atoms with Gasteiger partial charge in [0.2, 0.25) is 5.79 Å². The van der Waals surface area contributed by atoms with Gasteiger partial charge in [-0.3, -0.25) is 4.79 Å². The highest BCUT2D eigenvalue weighted by Crippen LogP contribution is 2.76. The first kappa shape index (κ1) is 18.3. The van der Waals surface area contributed by atoms with Crippen molar-refractivity contribution in [3.8, 4) is 0 Å². The van der Waals surface area contributed by atoms with Crippen LogP contribution in [0.3, 0.4) is 0 Å². The van der Waals surface area contributed by atoms with Crippen molar-refractivity contribution in [3.63, 3.8) is 0 Å². The van der Waals surface area contributed by atoms with E-state index in [2.05, 4.69) is 20.4 Å². The monoisotopic (exact) mass is 378 g/mol. The average Bonchev–Trinajstić information content (AvgIpc) is 2.76. The number of ether oxygens (including phenoxy) is 1. The molecule has 2 saturated heterocycles. The Kier molecular flexibility index (Phi) is 3.40. The SMILES string of the molecule is C=C1C(=O)C23C(O)[C@H]1CCC2[C@@]12CO[C@@]3(O)[C@@H](O)[C@@H]1[C@](C)(CC)CC[C@H]2O. The van der Waals surface area contributed by atoms with Crippen molar-refractivity contribution < 1.29 is 30.0 Å². The molecule has 0 radical (unpaired) electrons. The third kappa shape index (κ3) is 1.56. The molecule has 27 heavy (non-hydrogen) atoms. The molecule has 150 valence electrons. The van der Waals surface area contributed by atoms with E-state index in [4.69, 9.17) is 4.74 Å². The molecule has 0 aromatic heterocycles. The zero-order valence-electron chi connectivity index (χ0n) is 16.0. The van der Waals surface area contributed by atoms with E-state index >= 15 is 0 Å². The van der Waals surface area contributed by atoms with Crippen molar-refractivity contribution in [1.29, 1.82) is 0 Å². The molecule has 2 heterocycles. The first-order chi connectivity index (χ1) is 12.6. The lowest BCUT2D eigenvalue weighted by Crippen LogP contribution is -2.85. The minimum Gasteiger partial charge on any atom is -0.392 e. The van der Waals surface area contributed by atoms with E-state index < -0.39 is 58.5 Å². The van der Waals surface area contributed by atoms with Crippen molar-refractivity contribution in [2.75, 3.05) is 6.61 Å². The lowest BCUT2D eigenvalue weighted by Gasteiger charge is -2.75. The van der Waals surface area contributed by atoms with Crippen LogP contribution in [-0.4, -0.2) is 56.9 Å². The van der Waals surface area contributed by atoms with Crippen LogP contribution >= 0.6 is 0 Å². The maximum Gasteiger partial charge on any atom is 0.208 e. The van der Waals surface area contributed by atoms with Gasteiger partial charge in [-0.2, -0.15) is 0 Å². The molecule has 0 aromatic rings. The van der Waals surface area contributed by atoms with Gasteiger partial charge in [-0.1, -0.05) is 26.8 Å². The summed E-state index contributed by atoms with van der Waals surface area (Å²) in [6, 6.07) is 0. The number of carbonyl (C=O) groups is 1. The van der Waals surface area contributed by atoms with E-state index in [-0.39, 0.29) is 12.0 Å². The molecule has 4 aliphatic carbocycles. The van der Waals surface area contributed by atoms with Gasteiger partial charge < -0.3 is 25.2 Å². The number of hydrogen-bond acceptors (Lipinski definition) is 6. The Labute approximate surface area is 159 Å². The molecule has 6 fully saturated rings. The molecule has 4 saturated carbocycles. The maximum absolute atomic E-state index is 13.4. The van der Waals surface area contributed by atoms with Crippen molar-refractivity contribution in [2.24, 2.45) is 34.0 Å². The van der Waals surface area contributed by atoms with Gasteiger partial charge in [0.05, 0.1) is 18.8 Å². The van der Waals surface area contributed by atoms with Crippen LogP contribution in [0, 0.1) is 34.0 Å². The van der Waals surface area contributed by atoms with Gasteiger partial charge >= 0.3 is 0 Å². The Morgan fingerprint density at radius 3 is 2.56 bits per heavy atom. The first-order valence-corrected chi connectivity index (χ1v) is 10.3. The second-order valence-electron chi connectivity index (χ2n) is 9.99. The fourth-order valence-electron chi connectivity index (χ4n) is 8.13. The molecule has 4 N–H and O–H groups in total. The smallest absolute Gasteiger partial charge is 0.208 e. The fraction of sp³-hybridized carbons (Fsp3) is 0.857. The fourth-order valence-corrected chi connectivity index (χ4v) is 8.13. The van der Waals surface area contributed by atoms with Crippen molar-refractivity contribution in [3.05, 3.63) is 12.2 Å². The number of rotatable bonds is 1. The van der Waals surface area contributed by atoms with Gasteiger partial charge in [-0.25, -0.2) is 0 Å². The molecule has 0 amide bonds. The van der Waals surface area contributed by atoms with Gasteiger partial charge in [0.15, 0.2) is 5.78 Å². The van der Waals surface area contributed by atoms with Crippen molar-refractivity contribution in [2.45, 2.75) is 70.1 Å². The van der Waals surface area contributed by atoms with Crippen molar-refractivity contribution in [1.82, 2.24) is 0 Å². The molecule has 6 rings (SSSR count). The number of carbonyl (C=O) groups excluding carboxylic acids is 1. The first-order valence-electron chi connectivity index (χ1n) is 10.3. The quantitative estimate of drug-likeness (QED) is 0.502. The normalized spacial score (nSPS) is 61.7. The molecule has 2 spiro atoms. The number of aliphatic hydroxyl groups excluding tert-OH is 3. The van der Waals surface area contributed by atoms with Crippen LogP contribution < -0.4 is 0 Å². The summed E-state index contributed by atoms with van der Waals surface area (Å²) in [7, 11) is 0. The predicted octanol–water partition coefficient (Wildman–Crippen LogP) is 0.766. The second-order valence-corrected chi connectivity index (χ2v) is 9.99. The van der Waals surface area contributed by atoms with Crippen LogP contribution in [0.4, 0.5) is 0 Å². The molecule has 10 atom stereocenters. The number of aliphatic hydroxyl groups is 4. The molecule has 4 bridgehead atoms. The predicted molar refractivity (Wildman–Crippen MR) is 95.3 cm³/mol. The molecule has 3 unspecified atom stereocenters. The molecule has 6 aliphatic rings. The topological polar surface area (TPSA) is 107 Å². The zero-order valence-corrected chi connectivity index (χ0v) is 16.0. The lowest BCUT2D eigenvalue weighted by molar-refractivity contribution is -0.459. The third-order valence-electron chi connectivity index (χ3n) is 9.53. The number of Topliss-reactive ketones (excluding diaryl/α,β-unsaturated/α-hetero) is 1. The lowest BCUT2D eigenvalue weighted by atomic mass is 9.35. The second kappa shape index (κ2) is 5.03. The molecule has 6 heteroatoms. The summed E-state index contributed by atoms with van der Waals surface area (Å²) >= 11 is 0. The van der Waals surface area contributed by atoms with E-state index in [0.717, 1.165) is 12.8 Å². The van der Waals surface area contributed by atoms with E-state index in [0.29, 0.717) is 24.8 Å². The van der Waals surface area contributed by atoms with Crippen LogP contribution in [0.25, 0.3) is 0 Å². The molecular formula is C21H30O6. The average molecular weight is 378 g/mol. The largest absolute Gasteiger partial charge is 0.392 e. The Bertz CT molecular complexity index is 736. The highest BCUT2D eigenvalue weighted by molar-refractivity contribution is 6.05. The molecule has 0 aromatic carbocycles. The summed E-state index contributed by atoms with van der Waals surface area (Å²) in [5, 5.41) is 45.5. The van der Waals surface area contributed by atoms with Gasteiger partial charge in [0.1, 0.15) is 11.5 Å². The van der Waals surface area contributed by atoms with Crippen molar-refractivity contribution >= 4 is 5.78 Å². The zero-order chi connectivity index (χ0) is 19.6. The van der Waals surface area contributed by atoms with Crippen LogP contribution in [0.5, 0.6) is 0 Å². The molecular weight excluding hydrogens is 348 g/mol. The Hall–Kier alpha value is -0.790. The van der Waals surface area contributed by atoms with Gasteiger partial charge in [0.25, 0.3) is 0 Å². The maximum atomic E-state index is 13.4. The van der Waals surface area contributed by atoms with E-state index in [9.17, 15) is 25.2 Å². The van der Waals surface area contributed by atoms with E-state index in [1.165, 1.54) is 0 Å². The van der Waals surface area contributed by atoms with Gasteiger partial charge in [0, 0.05) is 17.3 Å². The summed E-state index contributed by atoms with van der Waals surface area (Å²) in [5.41, 5.74) is -2.44. The summed E-state index contributed by atoms with van der Waals surface area (Å²) in [4.78, 5) is 13.4. The number of ketones is 1. The van der Waals surface area contributed by atoms with Crippen LogP contribution in [0.1, 0.15) is 46.0 Å². The molecule has 6 nitrogen and oxygen atoms in total. The summed E-state index contributed by atoms with van der Waals surface area (Å²) < 4.78 is 5.85. The van der Waals surface area contributed by atoms with Crippen LogP contribution in [0.15, 0.2) is 12.2 Å². The van der Waals surface area contributed by atoms with Gasteiger partial charge in [-0.15, -0.1) is 0 Å². The Morgan fingerprint density at radius 2 is 1.89 bits per heavy atom. The summed E-state index contributed by atoms with van der Waals surface area (Å²) in [6.45, 7) is 8.17. The minimum atomic E-state index is -2.15. The Morgan fingerprint density at radius 1 is 1.19 bits per heavy atom. The van der Waals surface area contributed by atoms with E-state index in [1.807, 2.05) is 0 Å². The minimum absolute atomic E-state index is 0.103. The summed E-state index contributed by atoms with van der Waals surface area (Å²) in [5.74, 6) is -3.78. The van der Waals surface area contributed by atoms with Crippen LogP contribution in [-0.2, 0) is 9.53 Å². The number of fused-ring (bicyclic) bond motifs is 2. The Balaban J connectivity index is 1.80. The molecule has 2 aliphatic heterocycles. The van der Waals surface area contributed by atoms with E-state index in [1.54, 1.807) is 0 Å². The van der Waals surface area contributed by atoms with Gasteiger partial charge in [-0.05, 0) is 42.6 Å². The van der Waals surface area contributed by atoms with Crippen LogP contribution in [0.2, 0.25) is 0 Å². The third-order valence-corrected chi connectivity index (χ3v) is 9.53. The number of hydrogen-bond donors (Lipinski definition) is 4. The standard InChI is InChI=1S/C21H30O6/c1-4-18(3)8-7-13(22)19-9-27-21(26,17(25)14(18)19)20-12(19)6-5-11(16(20)24)10(2)15(20)23/h11-14,16-17,22,24-26H,2,4-9H2,1,3H3/t11-,12?,13+,14+,16?,17-,18+,19+,20?,21-/m0/s1. The highest BCUT2D eigenvalue weighted by Gasteiger charge is 2.86.